The summed E-state index contributed by atoms with van der Waals surface area (Å²) in [6, 6.07) is 15.9. The molecule has 0 aliphatic heterocycles. The summed E-state index contributed by atoms with van der Waals surface area (Å²) in [5, 5.41) is 7.03. The highest BCUT2D eigenvalue weighted by atomic mass is 79.9. The van der Waals surface area contributed by atoms with Crippen molar-refractivity contribution in [2.45, 2.75) is 13.0 Å². The number of rotatable bonds is 4. The highest BCUT2D eigenvalue weighted by Gasteiger charge is 2.07. The topological polar surface area (TPSA) is 33.3 Å². The van der Waals surface area contributed by atoms with Gasteiger partial charge in [-0.3, -0.25) is 0 Å². The Kier molecular flexibility index (Phi) is 5.59. The monoisotopic (exact) mass is 364 g/mol. The van der Waals surface area contributed by atoms with Crippen molar-refractivity contribution in [2.75, 3.05) is 12.4 Å². The molecule has 0 saturated heterocycles. The van der Waals surface area contributed by atoms with E-state index in [1.54, 1.807) is 7.11 Å². The van der Waals surface area contributed by atoms with E-state index in [1.165, 1.54) is 0 Å². The van der Waals surface area contributed by atoms with Crippen LogP contribution in [0.4, 0.5) is 5.69 Å². The number of hydrogen-bond acceptors (Lipinski definition) is 2. The van der Waals surface area contributed by atoms with Crippen molar-refractivity contribution in [2.24, 2.45) is 0 Å². The van der Waals surface area contributed by atoms with E-state index in [0.29, 0.717) is 5.11 Å². The molecule has 0 aliphatic carbocycles. The van der Waals surface area contributed by atoms with Gasteiger partial charge in [0.1, 0.15) is 5.75 Å². The second-order valence-corrected chi connectivity index (χ2v) is 5.92. The number of thiocarbonyl (C=S) groups is 1. The van der Waals surface area contributed by atoms with Crippen molar-refractivity contribution in [3.8, 4) is 5.75 Å². The maximum absolute atomic E-state index is 5.34. The molecule has 0 fully saturated rings. The molecule has 0 saturated carbocycles. The molecule has 1 atom stereocenters. The normalized spacial score (nSPS) is 11.6. The minimum atomic E-state index is 0.117. The van der Waals surface area contributed by atoms with E-state index in [-0.39, 0.29) is 6.04 Å². The SMILES string of the molecule is COc1ccc([C@@H](C)NC(=S)Nc2ccc(Br)cc2)cc1. The van der Waals surface area contributed by atoms with Crippen molar-refractivity contribution in [3.63, 3.8) is 0 Å². The first-order valence-electron chi connectivity index (χ1n) is 6.55. The number of hydrogen-bond donors (Lipinski definition) is 2. The van der Waals surface area contributed by atoms with Crippen LogP contribution in [0.5, 0.6) is 5.75 Å². The zero-order valence-electron chi connectivity index (χ0n) is 11.9. The van der Waals surface area contributed by atoms with Crippen LogP contribution < -0.4 is 15.4 Å². The standard InChI is InChI=1S/C16H17BrN2OS/c1-11(12-3-9-15(20-2)10-4-12)18-16(21)19-14-7-5-13(17)6-8-14/h3-11H,1-2H3,(H2,18,19,21)/t11-/m1/s1. The number of halogens is 1. The molecule has 2 N–H and O–H groups in total. The summed E-state index contributed by atoms with van der Waals surface area (Å²) in [6.07, 6.45) is 0. The molecule has 110 valence electrons. The fourth-order valence-electron chi connectivity index (χ4n) is 1.87. The largest absolute Gasteiger partial charge is 0.497 e. The van der Waals surface area contributed by atoms with Gasteiger partial charge in [0.05, 0.1) is 13.2 Å². The van der Waals surface area contributed by atoms with Crippen molar-refractivity contribution >= 4 is 38.9 Å². The van der Waals surface area contributed by atoms with Crippen LogP contribution in [-0.2, 0) is 0 Å². The quantitative estimate of drug-likeness (QED) is 0.782. The molecule has 2 aromatic carbocycles. The molecule has 0 amide bonds. The summed E-state index contributed by atoms with van der Waals surface area (Å²) in [4.78, 5) is 0. The molecule has 0 spiro atoms. The predicted molar refractivity (Wildman–Crippen MR) is 94.9 cm³/mol. The summed E-state index contributed by atoms with van der Waals surface area (Å²) in [6.45, 7) is 2.07. The summed E-state index contributed by atoms with van der Waals surface area (Å²) < 4.78 is 6.20. The number of benzene rings is 2. The van der Waals surface area contributed by atoms with Gasteiger partial charge in [-0.25, -0.2) is 0 Å². The van der Waals surface area contributed by atoms with Crippen LogP contribution in [0.3, 0.4) is 0 Å². The molecule has 21 heavy (non-hydrogen) atoms. The zero-order valence-corrected chi connectivity index (χ0v) is 14.3. The Morgan fingerprint density at radius 1 is 1.10 bits per heavy atom. The lowest BCUT2D eigenvalue weighted by Crippen LogP contribution is -2.30. The molecule has 0 heterocycles. The van der Waals surface area contributed by atoms with E-state index < -0.39 is 0 Å². The van der Waals surface area contributed by atoms with Crippen molar-refractivity contribution in [1.29, 1.82) is 0 Å². The minimum Gasteiger partial charge on any atom is -0.497 e. The van der Waals surface area contributed by atoms with Crippen molar-refractivity contribution < 1.29 is 4.74 Å². The second-order valence-electron chi connectivity index (χ2n) is 4.60. The maximum atomic E-state index is 5.34. The summed E-state index contributed by atoms with van der Waals surface area (Å²) in [7, 11) is 1.66. The second kappa shape index (κ2) is 7.43. The number of ether oxygens (including phenoxy) is 1. The Morgan fingerprint density at radius 2 is 1.71 bits per heavy atom. The van der Waals surface area contributed by atoms with Crippen LogP contribution in [0.15, 0.2) is 53.0 Å². The van der Waals surface area contributed by atoms with Gasteiger partial charge in [0.25, 0.3) is 0 Å². The Morgan fingerprint density at radius 3 is 2.29 bits per heavy atom. The molecule has 0 bridgehead atoms. The average Bonchev–Trinajstić information content (AvgIpc) is 2.49. The number of nitrogens with one attached hydrogen (secondary N) is 2. The van der Waals surface area contributed by atoms with E-state index in [4.69, 9.17) is 17.0 Å². The van der Waals surface area contributed by atoms with Gasteiger partial charge in [0, 0.05) is 10.2 Å². The molecule has 2 aromatic rings. The smallest absolute Gasteiger partial charge is 0.171 e. The van der Waals surface area contributed by atoms with Gasteiger partial charge in [-0.05, 0) is 61.1 Å². The minimum absolute atomic E-state index is 0.117. The van der Waals surface area contributed by atoms with Gasteiger partial charge in [-0.2, -0.15) is 0 Å². The van der Waals surface area contributed by atoms with Crippen LogP contribution in [0.2, 0.25) is 0 Å². The molecule has 0 aromatic heterocycles. The van der Waals surface area contributed by atoms with Crippen LogP contribution in [0.25, 0.3) is 0 Å². The molecule has 5 heteroatoms. The third-order valence-electron chi connectivity index (χ3n) is 3.07. The Balaban J connectivity index is 1.93. The van der Waals surface area contributed by atoms with E-state index in [2.05, 4.69) is 33.5 Å². The highest BCUT2D eigenvalue weighted by molar-refractivity contribution is 9.10. The molecule has 2 rings (SSSR count). The first-order valence-corrected chi connectivity index (χ1v) is 7.75. The van der Waals surface area contributed by atoms with Gasteiger partial charge >= 0.3 is 0 Å². The summed E-state index contributed by atoms with van der Waals surface area (Å²) >= 11 is 8.74. The predicted octanol–water partition coefficient (Wildman–Crippen LogP) is 4.51. The lowest BCUT2D eigenvalue weighted by Gasteiger charge is -2.17. The fraction of sp³-hybridized carbons (Fsp3) is 0.188. The van der Waals surface area contributed by atoms with Gasteiger partial charge in [-0.1, -0.05) is 28.1 Å². The first-order chi connectivity index (χ1) is 10.1. The van der Waals surface area contributed by atoms with Gasteiger partial charge in [0.15, 0.2) is 5.11 Å². The Hall–Kier alpha value is -1.59. The van der Waals surface area contributed by atoms with E-state index in [0.717, 1.165) is 21.5 Å². The van der Waals surface area contributed by atoms with Gasteiger partial charge < -0.3 is 15.4 Å². The molecular formula is C16H17BrN2OS. The molecule has 3 nitrogen and oxygen atoms in total. The highest BCUT2D eigenvalue weighted by Crippen LogP contribution is 2.18. The Bertz CT molecular complexity index is 599. The van der Waals surface area contributed by atoms with Crippen molar-refractivity contribution in [1.82, 2.24) is 5.32 Å². The zero-order chi connectivity index (χ0) is 15.2. The molecular weight excluding hydrogens is 348 g/mol. The summed E-state index contributed by atoms with van der Waals surface area (Å²) in [5.41, 5.74) is 2.10. The molecule has 0 radical (unpaired) electrons. The first kappa shape index (κ1) is 15.8. The average molecular weight is 365 g/mol. The van der Waals surface area contributed by atoms with E-state index >= 15 is 0 Å². The van der Waals surface area contributed by atoms with Crippen molar-refractivity contribution in [3.05, 3.63) is 58.6 Å². The lowest BCUT2D eigenvalue weighted by molar-refractivity contribution is 0.414. The van der Waals surface area contributed by atoms with Crippen LogP contribution in [0, 0.1) is 0 Å². The third kappa shape index (κ3) is 4.72. The summed E-state index contributed by atoms with van der Waals surface area (Å²) in [5.74, 6) is 0.849. The third-order valence-corrected chi connectivity index (χ3v) is 3.81. The van der Waals surface area contributed by atoms with E-state index in [9.17, 15) is 0 Å². The number of methoxy groups -OCH3 is 1. The number of anilines is 1. The maximum Gasteiger partial charge on any atom is 0.171 e. The van der Waals surface area contributed by atoms with Gasteiger partial charge in [0.2, 0.25) is 0 Å². The molecule has 0 aliphatic rings. The fourth-order valence-corrected chi connectivity index (χ4v) is 2.43. The molecule has 0 unspecified atom stereocenters. The Labute approximate surface area is 138 Å². The van der Waals surface area contributed by atoms with E-state index in [1.807, 2.05) is 48.5 Å². The lowest BCUT2D eigenvalue weighted by atomic mass is 10.1. The van der Waals surface area contributed by atoms with Crippen LogP contribution in [-0.4, -0.2) is 12.2 Å². The van der Waals surface area contributed by atoms with Crippen LogP contribution in [0.1, 0.15) is 18.5 Å². The van der Waals surface area contributed by atoms with Crippen LogP contribution >= 0.6 is 28.1 Å². The van der Waals surface area contributed by atoms with Gasteiger partial charge in [-0.15, -0.1) is 0 Å².